The molecule has 6 nitrogen and oxygen atoms in total. The molecule has 0 rings (SSSR count). The van der Waals surface area contributed by atoms with Gasteiger partial charge in [0.05, 0.1) is 0 Å². The third kappa shape index (κ3) is 60.9. The molecule has 1 unspecified atom stereocenters. The molecule has 0 aromatic carbocycles. The van der Waals surface area contributed by atoms with Gasteiger partial charge in [0.15, 0.2) is 6.10 Å². The summed E-state index contributed by atoms with van der Waals surface area (Å²) in [5.41, 5.74) is 0. The Balaban J connectivity index is 3.94. The Morgan fingerprint density at radius 1 is 0.260 bits per heavy atom. The average Bonchev–Trinajstić information content (AvgIpc) is 3.39. The first-order chi connectivity index (χ1) is 36.0. The fraction of sp³-hybridized carbons (Fsp3) is 0.925. The molecule has 0 aliphatic carbocycles. The number of ether oxygens (including phenoxy) is 3. The molecule has 0 N–H and O–H groups in total. The van der Waals surface area contributed by atoms with Crippen molar-refractivity contribution in [2.45, 2.75) is 386 Å². The molecule has 0 aromatic rings. The minimum absolute atomic E-state index is 0.0668. The molecule has 0 aromatic heterocycles. The van der Waals surface area contributed by atoms with Crippen LogP contribution in [0.15, 0.2) is 12.2 Å². The highest BCUT2D eigenvalue weighted by molar-refractivity contribution is 5.71. The van der Waals surface area contributed by atoms with E-state index in [1.807, 2.05) is 0 Å². The van der Waals surface area contributed by atoms with Gasteiger partial charge in [-0.25, -0.2) is 0 Å². The first-order valence-corrected chi connectivity index (χ1v) is 33.2. The van der Waals surface area contributed by atoms with Gasteiger partial charge in [0, 0.05) is 19.3 Å². The van der Waals surface area contributed by atoms with Crippen molar-refractivity contribution in [3.05, 3.63) is 12.2 Å². The van der Waals surface area contributed by atoms with Gasteiger partial charge in [0.2, 0.25) is 0 Å². The van der Waals surface area contributed by atoms with Gasteiger partial charge in [0.25, 0.3) is 0 Å². The van der Waals surface area contributed by atoms with E-state index < -0.39 is 6.10 Å². The van der Waals surface area contributed by atoms with Crippen molar-refractivity contribution in [3.8, 4) is 0 Å². The topological polar surface area (TPSA) is 78.9 Å². The lowest BCUT2D eigenvalue weighted by Crippen LogP contribution is -2.30. The molecule has 0 spiro atoms. The minimum Gasteiger partial charge on any atom is -0.462 e. The number of hydrogen-bond acceptors (Lipinski definition) is 6. The third-order valence-corrected chi connectivity index (χ3v) is 15.3. The Hall–Kier alpha value is -1.85. The molecule has 0 bridgehead atoms. The lowest BCUT2D eigenvalue weighted by atomic mass is 10.0. The first kappa shape index (κ1) is 71.2. The number of allylic oxidation sites excluding steroid dienone is 2. The van der Waals surface area contributed by atoms with Crippen molar-refractivity contribution in [3.63, 3.8) is 0 Å². The average molecular weight is 1030 g/mol. The normalized spacial score (nSPS) is 12.0. The first-order valence-electron chi connectivity index (χ1n) is 33.2. The van der Waals surface area contributed by atoms with Crippen molar-refractivity contribution in [1.82, 2.24) is 0 Å². The Kier molecular flexibility index (Phi) is 61.1. The molecular weight excluding hydrogens is 901 g/mol. The second kappa shape index (κ2) is 62.7. The Morgan fingerprint density at radius 3 is 0.740 bits per heavy atom. The summed E-state index contributed by atoms with van der Waals surface area (Å²) in [7, 11) is 0. The van der Waals surface area contributed by atoms with Gasteiger partial charge >= 0.3 is 17.9 Å². The highest BCUT2D eigenvalue weighted by atomic mass is 16.6. The molecule has 0 saturated heterocycles. The largest absolute Gasteiger partial charge is 0.462 e. The number of hydrogen-bond donors (Lipinski definition) is 0. The summed E-state index contributed by atoms with van der Waals surface area (Å²) in [6.45, 7) is 6.63. The van der Waals surface area contributed by atoms with Crippen LogP contribution in [0.4, 0.5) is 0 Å². The highest BCUT2D eigenvalue weighted by Crippen LogP contribution is 2.19. The molecule has 73 heavy (non-hydrogen) atoms. The second-order valence-corrected chi connectivity index (χ2v) is 22.7. The summed E-state index contributed by atoms with van der Waals surface area (Å²) >= 11 is 0. The van der Waals surface area contributed by atoms with Crippen LogP contribution in [0.2, 0.25) is 0 Å². The van der Waals surface area contributed by atoms with E-state index in [9.17, 15) is 14.4 Å². The number of carbonyl (C=O) groups excluding carboxylic acids is 3. The predicted molar refractivity (Wildman–Crippen MR) is 317 cm³/mol. The van der Waals surface area contributed by atoms with E-state index in [0.717, 1.165) is 70.6 Å². The summed E-state index contributed by atoms with van der Waals surface area (Å²) in [5.74, 6) is -0.854. The Morgan fingerprint density at radius 2 is 0.479 bits per heavy atom. The summed E-state index contributed by atoms with van der Waals surface area (Å²) in [4.78, 5) is 38.1. The zero-order valence-corrected chi connectivity index (χ0v) is 49.7. The molecule has 0 fully saturated rings. The fourth-order valence-electron chi connectivity index (χ4n) is 10.3. The van der Waals surface area contributed by atoms with E-state index >= 15 is 0 Å². The van der Waals surface area contributed by atoms with Crippen LogP contribution in [-0.2, 0) is 28.6 Å². The summed E-state index contributed by atoms with van der Waals surface area (Å²) < 4.78 is 16.9. The fourth-order valence-corrected chi connectivity index (χ4v) is 10.3. The monoisotopic (exact) mass is 1030 g/mol. The van der Waals surface area contributed by atoms with Crippen LogP contribution in [-0.4, -0.2) is 37.2 Å². The molecule has 0 aliphatic heterocycles. The van der Waals surface area contributed by atoms with Crippen LogP contribution in [0.25, 0.3) is 0 Å². The van der Waals surface area contributed by atoms with Crippen LogP contribution in [0.1, 0.15) is 380 Å². The summed E-state index contributed by atoms with van der Waals surface area (Å²) in [5, 5.41) is 0. The van der Waals surface area contributed by atoms with Crippen LogP contribution in [0.3, 0.4) is 0 Å². The summed E-state index contributed by atoms with van der Waals surface area (Å²) in [6.07, 6.45) is 74.1. The maximum absolute atomic E-state index is 12.8. The smallest absolute Gasteiger partial charge is 0.306 e. The van der Waals surface area contributed by atoms with Gasteiger partial charge < -0.3 is 14.2 Å². The van der Waals surface area contributed by atoms with Crippen LogP contribution >= 0.6 is 0 Å². The maximum atomic E-state index is 12.8. The second-order valence-electron chi connectivity index (χ2n) is 22.7. The van der Waals surface area contributed by atoms with Gasteiger partial charge in [0.1, 0.15) is 13.2 Å². The van der Waals surface area contributed by atoms with Crippen molar-refractivity contribution in [1.29, 1.82) is 0 Å². The SMILES string of the molecule is CCC/C=C\CCCCCCCC(=O)OCC(COC(=O)CCCCCCCCCCCCCCCCCCCCCCCCCCCCCCCCCCC)OC(=O)CCCCCCCCCCCCCC. The quantitative estimate of drug-likeness (QED) is 0.0261. The molecule has 1 atom stereocenters. The van der Waals surface area contributed by atoms with E-state index in [1.165, 1.54) is 270 Å². The van der Waals surface area contributed by atoms with E-state index in [2.05, 4.69) is 32.9 Å². The van der Waals surface area contributed by atoms with Gasteiger partial charge in [-0.1, -0.05) is 335 Å². The van der Waals surface area contributed by atoms with E-state index in [1.54, 1.807) is 0 Å². The Bertz CT molecular complexity index is 1130. The van der Waals surface area contributed by atoms with Gasteiger partial charge in [-0.3, -0.25) is 14.4 Å². The van der Waals surface area contributed by atoms with Crippen LogP contribution in [0.5, 0.6) is 0 Å². The molecule has 0 radical (unpaired) electrons. The molecule has 6 heteroatoms. The zero-order valence-electron chi connectivity index (χ0n) is 49.7. The van der Waals surface area contributed by atoms with Crippen molar-refractivity contribution < 1.29 is 28.6 Å². The zero-order chi connectivity index (χ0) is 52.9. The molecule has 0 saturated carbocycles. The van der Waals surface area contributed by atoms with Gasteiger partial charge in [-0.2, -0.15) is 0 Å². The maximum Gasteiger partial charge on any atom is 0.306 e. The predicted octanol–water partition coefficient (Wildman–Crippen LogP) is 22.4. The number of carbonyl (C=O) groups is 3. The number of unbranched alkanes of at least 4 members (excludes halogenated alkanes) is 49. The molecule has 0 heterocycles. The Labute approximate surface area is 456 Å². The lowest BCUT2D eigenvalue weighted by molar-refractivity contribution is -0.167. The number of rotatable bonds is 62. The van der Waals surface area contributed by atoms with Gasteiger partial charge in [-0.05, 0) is 38.5 Å². The van der Waals surface area contributed by atoms with Gasteiger partial charge in [-0.15, -0.1) is 0 Å². The van der Waals surface area contributed by atoms with Crippen molar-refractivity contribution >= 4 is 17.9 Å². The van der Waals surface area contributed by atoms with E-state index in [0.29, 0.717) is 19.3 Å². The minimum atomic E-state index is -0.767. The number of esters is 3. The lowest BCUT2D eigenvalue weighted by Gasteiger charge is -2.18. The van der Waals surface area contributed by atoms with E-state index in [4.69, 9.17) is 14.2 Å². The summed E-state index contributed by atoms with van der Waals surface area (Å²) in [6, 6.07) is 0. The van der Waals surface area contributed by atoms with Crippen molar-refractivity contribution in [2.24, 2.45) is 0 Å². The van der Waals surface area contributed by atoms with Crippen LogP contribution in [0, 0.1) is 0 Å². The third-order valence-electron chi connectivity index (χ3n) is 15.3. The van der Waals surface area contributed by atoms with Crippen molar-refractivity contribution in [2.75, 3.05) is 13.2 Å². The molecular formula is C67H128O6. The molecule has 432 valence electrons. The molecule has 0 amide bonds. The van der Waals surface area contributed by atoms with E-state index in [-0.39, 0.29) is 31.1 Å². The van der Waals surface area contributed by atoms with Crippen LogP contribution < -0.4 is 0 Å². The standard InChI is InChI=1S/C67H128O6/c1-4-7-10-13-16-19-22-24-25-26-27-28-29-30-31-32-33-34-35-36-37-38-39-40-41-42-43-44-46-48-51-54-57-60-66(69)72-63-64(62-71-65(68)59-56-53-50-47-21-18-15-12-9-6-3)73-67(70)61-58-55-52-49-45-23-20-17-14-11-8-5-2/h12,15,64H,4-11,13-14,16-63H2,1-3H3/b15-12-. The molecule has 0 aliphatic rings. The highest BCUT2D eigenvalue weighted by Gasteiger charge is 2.19.